The van der Waals surface area contributed by atoms with Gasteiger partial charge in [-0.2, -0.15) is 0 Å². The van der Waals surface area contributed by atoms with Gasteiger partial charge in [0.05, 0.1) is 0 Å². The molecule has 7 heteroatoms. The second kappa shape index (κ2) is 11.3. The first-order valence-electron chi connectivity index (χ1n) is 5.98. The van der Waals surface area contributed by atoms with Crippen LogP contribution in [0.25, 0.3) is 0 Å². The summed E-state index contributed by atoms with van der Waals surface area (Å²) in [6.07, 6.45) is -0.368. The molecular weight excluding hydrogens is 260 g/mol. The van der Waals surface area contributed by atoms with Crippen molar-refractivity contribution in [3.63, 3.8) is 0 Å². The zero-order valence-electron chi connectivity index (χ0n) is 11.5. The summed E-state index contributed by atoms with van der Waals surface area (Å²) < 4.78 is 0. The van der Waals surface area contributed by atoms with Crippen LogP contribution in [0, 0.1) is 0 Å². The minimum Gasteiger partial charge on any atom is -0.367 e. The second-order valence-electron chi connectivity index (χ2n) is 3.33. The molecule has 0 heterocycles. The van der Waals surface area contributed by atoms with E-state index in [-0.39, 0.29) is 18.8 Å². The van der Waals surface area contributed by atoms with Crippen molar-refractivity contribution in [3.8, 4) is 0 Å². The van der Waals surface area contributed by atoms with Crippen molar-refractivity contribution in [1.29, 1.82) is 0 Å². The fraction of sp³-hybridized carbons (Fsp3) is 0.818. The molecule has 0 radical (unpaired) electrons. The van der Waals surface area contributed by atoms with E-state index in [2.05, 4.69) is 0 Å². The van der Waals surface area contributed by atoms with Gasteiger partial charge in [0.15, 0.2) is 0 Å². The fourth-order valence-corrected chi connectivity index (χ4v) is 1.18. The Balaban J connectivity index is 0. The van der Waals surface area contributed by atoms with Gasteiger partial charge in [-0.05, 0) is 27.7 Å². The van der Waals surface area contributed by atoms with Crippen molar-refractivity contribution < 1.29 is 19.3 Å². The minimum atomic E-state index is -0.592. The Morgan fingerprint density at radius 2 is 1.06 bits per heavy atom. The van der Waals surface area contributed by atoms with E-state index in [1.54, 1.807) is 0 Å². The summed E-state index contributed by atoms with van der Waals surface area (Å²) in [7, 11) is 0. The average Bonchev–Trinajstić information content (AvgIpc) is 2.32. The SMILES string of the molecule is CCN(CC)OC(=O)CC(=O)ON(CC)CC.Cl. The summed E-state index contributed by atoms with van der Waals surface area (Å²) in [5, 5.41) is 2.96. The summed E-state index contributed by atoms with van der Waals surface area (Å²) in [6, 6.07) is 0. The quantitative estimate of drug-likeness (QED) is 0.495. The zero-order valence-corrected chi connectivity index (χ0v) is 12.3. The monoisotopic (exact) mass is 282 g/mol. The zero-order chi connectivity index (χ0) is 13.3. The molecule has 0 rings (SSSR count). The number of nitrogens with zero attached hydrogens (tertiary/aromatic N) is 2. The van der Waals surface area contributed by atoms with Crippen molar-refractivity contribution in [2.24, 2.45) is 0 Å². The summed E-state index contributed by atoms with van der Waals surface area (Å²) in [5.74, 6) is -1.18. The van der Waals surface area contributed by atoms with E-state index in [1.807, 2.05) is 27.7 Å². The number of rotatable bonds is 8. The van der Waals surface area contributed by atoms with Gasteiger partial charge in [-0.15, -0.1) is 22.5 Å². The normalized spacial score (nSPS) is 10.1. The molecule has 6 nitrogen and oxygen atoms in total. The molecule has 0 aliphatic carbocycles. The van der Waals surface area contributed by atoms with Crippen molar-refractivity contribution in [2.45, 2.75) is 34.1 Å². The fourth-order valence-electron chi connectivity index (χ4n) is 1.18. The van der Waals surface area contributed by atoms with Crippen molar-refractivity contribution in [3.05, 3.63) is 0 Å². The number of hydrogen-bond acceptors (Lipinski definition) is 6. The first-order valence-corrected chi connectivity index (χ1v) is 5.98. The molecule has 0 atom stereocenters. The molecule has 0 aromatic rings. The predicted molar refractivity (Wildman–Crippen MR) is 69.9 cm³/mol. The Morgan fingerprint density at radius 3 is 1.28 bits per heavy atom. The molecular formula is C11H23ClN2O4. The number of hydroxylamine groups is 4. The van der Waals surface area contributed by atoms with Gasteiger partial charge in [0.25, 0.3) is 0 Å². The Morgan fingerprint density at radius 1 is 0.778 bits per heavy atom. The molecule has 0 aromatic carbocycles. The van der Waals surface area contributed by atoms with Gasteiger partial charge < -0.3 is 9.68 Å². The van der Waals surface area contributed by atoms with E-state index >= 15 is 0 Å². The van der Waals surface area contributed by atoms with Gasteiger partial charge in [-0.25, -0.2) is 9.59 Å². The Kier molecular flexibility index (Phi) is 12.2. The topological polar surface area (TPSA) is 59.1 Å². The molecule has 0 aliphatic heterocycles. The number of carbonyl (C=O) groups excluding carboxylic acids is 2. The van der Waals surface area contributed by atoms with Crippen molar-refractivity contribution >= 4 is 24.3 Å². The molecule has 0 amide bonds. The Bertz CT molecular complexity index is 219. The van der Waals surface area contributed by atoms with Gasteiger partial charge in [-0.3, -0.25) is 0 Å². The van der Waals surface area contributed by atoms with E-state index in [9.17, 15) is 9.59 Å². The van der Waals surface area contributed by atoms with Crippen LogP contribution in [0.3, 0.4) is 0 Å². The van der Waals surface area contributed by atoms with Crippen molar-refractivity contribution in [2.75, 3.05) is 26.2 Å². The summed E-state index contributed by atoms with van der Waals surface area (Å²) >= 11 is 0. The molecule has 0 bridgehead atoms. The lowest BCUT2D eigenvalue weighted by Crippen LogP contribution is -2.31. The molecule has 0 aromatic heterocycles. The van der Waals surface area contributed by atoms with Crippen LogP contribution in [0.4, 0.5) is 0 Å². The second-order valence-corrected chi connectivity index (χ2v) is 3.33. The molecule has 0 saturated carbocycles. The summed E-state index contributed by atoms with van der Waals surface area (Å²) in [4.78, 5) is 32.6. The lowest BCUT2D eigenvalue weighted by atomic mass is 10.4. The lowest BCUT2D eigenvalue weighted by Gasteiger charge is -2.18. The van der Waals surface area contributed by atoms with Crippen LogP contribution in [0.5, 0.6) is 0 Å². The highest BCUT2D eigenvalue weighted by Crippen LogP contribution is 1.98. The molecule has 108 valence electrons. The minimum absolute atomic E-state index is 0. The average molecular weight is 283 g/mol. The highest BCUT2D eigenvalue weighted by molar-refractivity contribution is 5.90. The summed E-state index contributed by atoms with van der Waals surface area (Å²) in [5.41, 5.74) is 0. The summed E-state index contributed by atoms with van der Waals surface area (Å²) in [6.45, 7) is 9.83. The highest BCUT2D eigenvalue weighted by Gasteiger charge is 2.17. The van der Waals surface area contributed by atoms with E-state index in [0.29, 0.717) is 26.2 Å². The maximum absolute atomic E-state index is 11.4. The standard InChI is InChI=1S/C11H22N2O4.ClH/c1-5-12(6-2)16-10(14)9-11(15)17-13(7-3)8-4;/h5-9H2,1-4H3;1H. The van der Waals surface area contributed by atoms with Crippen LogP contribution < -0.4 is 0 Å². The largest absolute Gasteiger partial charge is 0.367 e. The van der Waals surface area contributed by atoms with Gasteiger partial charge in [0, 0.05) is 26.2 Å². The smallest absolute Gasteiger partial charge is 0.336 e. The molecule has 0 fully saturated rings. The first kappa shape index (κ1) is 19.5. The number of hydrogen-bond donors (Lipinski definition) is 0. The van der Waals surface area contributed by atoms with Crippen LogP contribution in [0.15, 0.2) is 0 Å². The Labute approximate surface area is 115 Å². The Hall–Kier alpha value is -0.850. The molecule has 0 spiro atoms. The van der Waals surface area contributed by atoms with Crippen molar-refractivity contribution in [1.82, 2.24) is 10.1 Å². The number of halogens is 1. The molecule has 0 unspecified atom stereocenters. The molecule has 0 aliphatic rings. The van der Waals surface area contributed by atoms with Crippen LogP contribution in [-0.4, -0.2) is 48.2 Å². The molecule has 0 saturated heterocycles. The van der Waals surface area contributed by atoms with Crippen LogP contribution in [0.1, 0.15) is 34.1 Å². The van der Waals surface area contributed by atoms with E-state index in [1.165, 1.54) is 10.1 Å². The lowest BCUT2D eigenvalue weighted by molar-refractivity contribution is -0.201. The van der Waals surface area contributed by atoms with E-state index in [0.717, 1.165) is 0 Å². The van der Waals surface area contributed by atoms with Gasteiger partial charge >= 0.3 is 11.9 Å². The third-order valence-electron chi connectivity index (χ3n) is 2.16. The van der Waals surface area contributed by atoms with Gasteiger partial charge in [-0.1, -0.05) is 0 Å². The third-order valence-corrected chi connectivity index (χ3v) is 2.16. The van der Waals surface area contributed by atoms with Crippen LogP contribution in [0.2, 0.25) is 0 Å². The van der Waals surface area contributed by atoms with E-state index < -0.39 is 11.9 Å². The first-order chi connectivity index (χ1) is 8.07. The third kappa shape index (κ3) is 8.27. The van der Waals surface area contributed by atoms with E-state index in [4.69, 9.17) is 9.68 Å². The highest BCUT2D eigenvalue weighted by atomic mass is 35.5. The number of carbonyl (C=O) groups is 2. The predicted octanol–water partition coefficient (Wildman–Crippen LogP) is 1.40. The van der Waals surface area contributed by atoms with Crippen LogP contribution >= 0.6 is 12.4 Å². The van der Waals surface area contributed by atoms with Gasteiger partial charge in [0.2, 0.25) is 0 Å². The van der Waals surface area contributed by atoms with Gasteiger partial charge in [0.1, 0.15) is 6.42 Å². The maximum atomic E-state index is 11.4. The maximum Gasteiger partial charge on any atom is 0.336 e. The van der Waals surface area contributed by atoms with Crippen LogP contribution in [-0.2, 0) is 19.3 Å². The molecule has 0 N–H and O–H groups in total. The molecule has 18 heavy (non-hydrogen) atoms.